The Labute approximate surface area is 95.6 Å². The van der Waals surface area contributed by atoms with Crippen LogP contribution in [-0.2, 0) is 6.54 Å². The normalized spacial score (nSPS) is 9.67. The number of terminal acetylenes is 1. The maximum atomic E-state index is 5.91. The second-order valence-corrected chi connectivity index (χ2v) is 3.46. The van der Waals surface area contributed by atoms with Gasteiger partial charge in [0.1, 0.15) is 12.4 Å². The van der Waals surface area contributed by atoms with Gasteiger partial charge >= 0.3 is 0 Å². The highest BCUT2D eigenvalue weighted by Crippen LogP contribution is 2.22. The van der Waals surface area contributed by atoms with E-state index in [-0.39, 0.29) is 6.61 Å². The SMILES string of the molecule is C#CCOc1ccc(Cl)cc1CNCC. The molecular weight excluding hydrogens is 210 g/mol. The number of halogens is 1. The van der Waals surface area contributed by atoms with Gasteiger partial charge in [0.2, 0.25) is 0 Å². The van der Waals surface area contributed by atoms with Crippen molar-refractivity contribution in [2.24, 2.45) is 0 Å². The van der Waals surface area contributed by atoms with E-state index in [0.29, 0.717) is 5.02 Å². The second kappa shape index (κ2) is 6.34. The first-order valence-electron chi connectivity index (χ1n) is 4.83. The number of ether oxygens (including phenoxy) is 1. The first-order valence-corrected chi connectivity index (χ1v) is 5.21. The Hall–Kier alpha value is -1.17. The standard InChI is InChI=1S/C12H14ClNO/c1-3-7-15-12-6-5-11(13)8-10(12)9-14-4-2/h1,5-6,8,14H,4,7,9H2,2H3. The molecule has 0 unspecified atom stereocenters. The Morgan fingerprint density at radius 3 is 3.00 bits per heavy atom. The van der Waals surface area contributed by atoms with E-state index in [4.69, 9.17) is 22.8 Å². The predicted octanol–water partition coefficient (Wildman–Crippen LogP) is 2.46. The molecule has 1 rings (SSSR count). The Morgan fingerprint density at radius 2 is 2.33 bits per heavy atom. The highest BCUT2D eigenvalue weighted by molar-refractivity contribution is 6.30. The molecule has 0 atom stereocenters. The van der Waals surface area contributed by atoms with E-state index in [0.717, 1.165) is 24.4 Å². The van der Waals surface area contributed by atoms with Crippen LogP contribution in [0.2, 0.25) is 5.02 Å². The number of benzene rings is 1. The summed E-state index contributed by atoms with van der Waals surface area (Å²) in [6.07, 6.45) is 5.14. The van der Waals surface area contributed by atoms with Gasteiger partial charge in [-0.2, -0.15) is 0 Å². The Kier molecular flexibility index (Phi) is 5.03. The molecule has 15 heavy (non-hydrogen) atoms. The molecule has 3 heteroatoms. The van der Waals surface area contributed by atoms with Crippen LogP contribution >= 0.6 is 11.6 Å². The summed E-state index contributed by atoms with van der Waals surface area (Å²) in [7, 11) is 0. The lowest BCUT2D eigenvalue weighted by atomic mass is 10.2. The van der Waals surface area contributed by atoms with Gasteiger partial charge in [0.05, 0.1) is 0 Å². The fraction of sp³-hybridized carbons (Fsp3) is 0.333. The molecule has 0 saturated carbocycles. The number of hydrogen-bond acceptors (Lipinski definition) is 2. The zero-order chi connectivity index (χ0) is 11.1. The molecule has 0 amide bonds. The Balaban J connectivity index is 2.78. The van der Waals surface area contributed by atoms with Gasteiger partial charge in [-0.15, -0.1) is 6.42 Å². The molecule has 0 fully saturated rings. The quantitative estimate of drug-likeness (QED) is 0.775. The van der Waals surface area contributed by atoms with Gasteiger partial charge in [-0.1, -0.05) is 24.4 Å². The van der Waals surface area contributed by atoms with Crippen molar-refractivity contribution >= 4 is 11.6 Å². The summed E-state index contributed by atoms with van der Waals surface area (Å²) in [6.45, 7) is 3.96. The van der Waals surface area contributed by atoms with E-state index in [1.165, 1.54) is 0 Å². The van der Waals surface area contributed by atoms with Gasteiger partial charge in [-0.3, -0.25) is 0 Å². The van der Waals surface area contributed by atoms with Crippen LogP contribution in [0.4, 0.5) is 0 Å². The van der Waals surface area contributed by atoms with Gasteiger partial charge < -0.3 is 10.1 Å². The van der Waals surface area contributed by atoms with E-state index >= 15 is 0 Å². The fourth-order valence-electron chi connectivity index (χ4n) is 1.21. The zero-order valence-corrected chi connectivity index (χ0v) is 9.47. The van der Waals surface area contributed by atoms with Crippen molar-refractivity contribution in [3.63, 3.8) is 0 Å². The van der Waals surface area contributed by atoms with Crippen molar-refractivity contribution in [3.8, 4) is 18.1 Å². The highest BCUT2D eigenvalue weighted by atomic mass is 35.5. The molecular formula is C12H14ClNO. The van der Waals surface area contributed by atoms with Crippen molar-refractivity contribution in [3.05, 3.63) is 28.8 Å². The van der Waals surface area contributed by atoms with E-state index in [1.807, 2.05) is 19.1 Å². The third kappa shape index (κ3) is 3.83. The molecule has 0 aliphatic heterocycles. The summed E-state index contributed by atoms with van der Waals surface area (Å²) in [6, 6.07) is 5.52. The van der Waals surface area contributed by atoms with Gasteiger partial charge in [0.15, 0.2) is 0 Å². The second-order valence-electron chi connectivity index (χ2n) is 3.03. The largest absolute Gasteiger partial charge is 0.481 e. The van der Waals surface area contributed by atoms with E-state index in [1.54, 1.807) is 6.07 Å². The lowest BCUT2D eigenvalue weighted by molar-refractivity contribution is 0.365. The van der Waals surface area contributed by atoms with Crippen LogP contribution in [0.5, 0.6) is 5.75 Å². The van der Waals surface area contributed by atoms with Crippen LogP contribution in [0, 0.1) is 12.3 Å². The van der Waals surface area contributed by atoms with Crippen LogP contribution in [0.3, 0.4) is 0 Å². The molecule has 1 aromatic rings. The summed E-state index contributed by atoms with van der Waals surface area (Å²) < 4.78 is 5.40. The average Bonchev–Trinajstić information content (AvgIpc) is 2.25. The summed E-state index contributed by atoms with van der Waals surface area (Å²) in [5.41, 5.74) is 1.03. The maximum absolute atomic E-state index is 5.91. The highest BCUT2D eigenvalue weighted by Gasteiger charge is 2.03. The molecule has 0 aliphatic carbocycles. The molecule has 0 spiro atoms. The van der Waals surface area contributed by atoms with Crippen molar-refractivity contribution in [1.29, 1.82) is 0 Å². The summed E-state index contributed by atoms with van der Waals surface area (Å²) in [5, 5.41) is 3.92. The first kappa shape index (κ1) is 11.9. The molecule has 0 radical (unpaired) electrons. The molecule has 80 valence electrons. The van der Waals surface area contributed by atoms with Crippen LogP contribution in [0.15, 0.2) is 18.2 Å². The summed E-state index contributed by atoms with van der Waals surface area (Å²) in [4.78, 5) is 0. The topological polar surface area (TPSA) is 21.3 Å². The fourth-order valence-corrected chi connectivity index (χ4v) is 1.40. The number of rotatable bonds is 5. The lowest BCUT2D eigenvalue weighted by Gasteiger charge is -2.10. The van der Waals surface area contributed by atoms with Crippen LogP contribution in [0.25, 0.3) is 0 Å². The van der Waals surface area contributed by atoms with E-state index in [2.05, 4.69) is 11.2 Å². The molecule has 1 aromatic carbocycles. The monoisotopic (exact) mass is 223 g/mol. The molecule has 0 saturated heterocycles. The van der Waals surface area contributed by atoms with Crippen molar-refractivity contribution in [2.75, 3.05) is 13.2 Å². The van der Waals surface area contributed by atoms with Gasteiger partial charge in [0, 0.05) is 17.1 Å². The smallest absolute Gasteiger partial charge is 0.148 e. The Morgan fingerprint density at radius 1 is 1.53 bits per heavy atom. The predicted molar refractivity (Wildman–Crippen MR) is 63.2 cm³/mol. The van der Waals surface area contributed by atoms with E-state index < -0.39 is 0 Å². The van der Waals surface area contributed by atoms with Crippen LogP contribution in [0.1, 0.15) is 12.5 Å². The zero-order valence-electron chi connectivity index (χ0n) is 8.72. The Bertz CT molecular complexity index is 357. The molecule has 2 nitrogen and oxygen atoms in total. The van der Waals surface area contributed by atoms with E-state index in [9.17, 15) is 0 Å². The minimum atomic E-state index is 0.279. The minimum absolute atomic E-state index is 0.279. The van der Waals surface area contributed by atoms with Crippen molar-refractivity contribution < 1.29 is 4.74 Å². The molecule has 0 aromatic heterocycles. The lowest BCUT2D eigenvalue weighted by Crippen LogP contribution is -2.13. The minimum Gasteiger partial charge on any atom is -0.481 e. The average molecular weight is 224 g/mol. The summed E-state index contributed by atoms with van der Waals surface area (Å²) >= 11 is 5.91. The molecule has 0 heterocycles. The molecule has 0 bridgehead atoms. The van der Waals surface area contributed by atoms with Gasteiger partial charge in [-0.25, -0.2) is 0 Å². The number of nitrogens with one attached hydrogen (secondary N) is 1. The molecule has 1 N–H and O–H groups in total. The van der Waals surface area contributed by atoms with Gasteiger partial charge in [-0.05, 0) is 24.7 Å². The van der Waals surface area contributed by atoms with Crippen LogP contribution < -0.4 is 10.1 Å². The third-order valence-corrected chi connectivity index (χ3v) is 2.13. The third-order valence-electron chi connectivity index (χ3n) is 1.90. The van der Waals surface area contributed by atoms with Gasteiger partial charge in [0.25, 0.3) is 0 Å². The maximum Gasteiger partial charge on any atom is 0.148 e. The first-order chi connectivity index (χ1) is 7.27. The summed E-state index contributed by atoms with van der Waals surface area (Å²) in [5.74, 6) is 3.23. The van der Waals surface area contributed by atoms with Crippen molar-refractivity contribution in [1.82, 2.24) is 5.32 Å². The van der Waals surface area contributed by atoms with Crippen LogP contribution in [-0.4, -0.2) is 13.2 Å². The number of hydrogen-bond donors (Lipinski definition) is 1. The molecule has 0 aliphatic rings. The van der Waals surface area contributed by atoms with Crippen molar-refractivity contribution in [2.45, 2.75) is 13.5 Å².